The average molecular weight is 403 g/mol. The Morgan fingerprint density at radius 2 is 1.97 bits per heavy atom. The van der Waals surface area contributed by atoms with Crippen LogP contribution in [0.25, 0.3) is 5.82 Å². The van der Waals surface area contributed by atoms with Crippen molar-refractivity contribution in [3.63, 3.8) is 0 Å². The van der Waals surface area contributed by atoms with Gasteiger partial charge in [-0.2, -0.15) is 5.10 Å². The fraction of sp³-hybridized carbons (Fsp3) is 0.0476. The first kappa shape index (κ1) is 18.9. The third-order valence-electron chi connectivity index (χ3n) is 3.99. The molecule has 3 aromatic heterocycles. The van der Waals surface area contributed by atoms with Crippen LogP contribution in [-0.2, 0) is 4.79 Å². The zero-order chi connectivity index (χ0) is 20.8. The number of carbonyl (C=O) groups is 2. The molecular formula is C21H17N5O4. The molecule has 150 valence electrons. The predicted octanol–water partition coefficient (Wildman–Crippen LogP) is 3.13. The van der Waals surface area contributed by atoms with E-state index in [4.69, 9.17) is 9.15 Å². The molecule has 0 aliphatic carbocycles. The summed E-state index contributed by atoms with van der Waals surface area (Å²) in [5.41, 5.74) is 1.02. The Kier molecular flexibility index (Phi) is 5.52. The van der Waals surface area contributed by atoms with Crippen LogP contribution in [0.15, 0.2) is 83.9 Å². The largest absolute Gasteiger partial charge is 0.484 e. The van der Waals surface area contributed by atoms with E-state index in [0.29, 0.717) is 22.9 Å². The van der Waals surface area contributed by atoms with Gasteiger partial charge in [-0.1, -0.05) is 6.07 Å². The lowest BCUT2D eigenvalue weighted by atomic mass is 10.3. The van der Waals surface area contributed by atoms with Crippen molar-refractivity contribution in [2.75, 3.05) is 17.2 Å². The molecule has 0 spiro atoms. The molecule has 0 unspecified atom stereocenters. The van der Waals surface area contributed by atoms with E-state index in [9.17, 15) is 9.59 Å². The number of hydrogen-bond donors (Lipinski definition) is 2. The number of pyridine rings is 1. The summed E-state index contributed by atoms with van der Waals surface area (Å²) in [7, 11) is 0. The Balaban J connectivity index is 1.36. The van der Waals surface area contributed by atoms with Gasteiger partial charge in [0, 0.05) is 30.3 Å². The van der Waals surface area contributed by atoms with Crippen molar-refractivity contribution >= 4 is 23.2 Å². The first-order chi connectivity index (χ1) is 14.7. The van der Waals surface area contributed by atoms with Gasteiger partial charge in [0.25, 0.3) is 11.8 Å². The van der Waals surface area contributed by atoms with E-state index < -0.39 is 0 Å². The molecule has 0 aliphatic heterocycles. The standard InChI is InChI=1S/C21H17N5O4/c27-19(25-17-7-2-9-22-20(17)26-11-4-10-23-26)14-30-16-6-1-5-15(13-16)24-21(28)18-8-3-12-29-18/h1-13H,14H2,(H,24,28)(H,25,27). The first-order valence-electron chi connectivity index (χ1n) is 9.01. The Hall–Kier alpha value is -4.40. The Morgan fingerprint density at radius 3 is 2.77 bits per heavy atom. The van der Waals surface area contributed by atoms with E-state index in [1.807, 2.05) is 0 Å². The van der Waals surface area contributed by atoms with Crippen molar-refractivity contribution < 1.29 is 18.7 Å². The van der Waals surface area contributed by atoms with Crippen LogP contribution >= 0.6 is 0 Å². The number of rotatable bonds is 7. The van der Waals surface area contributed by atoms with Crippen LogP contribution < -0.4 is 15.4 Å². The predicted molar refractivity (Wildman–Crippen MR) is 109 cm³/mol. The number of amides is 2. The zero-order valence-electron chi connectivity index (χ0n) is 15.7. The molecule has 2 amide bonds. The number of ether oxygens (including phenoxy) is 1. The van der Waals surface area contributed by atoms with Gasteiger partial charge >= 0.3 is 0 Å². The maximum Gasteiger partial charge on any atom is 0.291 e. The molecule has 0 radical (unpaired) electrons. The van der Waals surface area contributed by atoms with Crippen LogP contribution in [0, 0.1) is 0 Å². The molecule has 1 aromatic carbocycles. The van der Waals surface area contributed by atoms with Gasteiger partial charge in [0.15, 0.2) is 18.2 Å². The highest BCUT2D eigenvalue weighted by atomic mass is 16.5. The van der Waals surface area contributed by atoms with Crippen molar-refractivity contribution in [3.8, 4) is 11.6 Å². The van der Waals surface area contributed by atoms with Crippen LogP contribution in [-0.4, -0.2) is 33.2 Å². The lowest BCUT2D eigenvalue weighted by Gasteiger charge is -2.11. The van der Waals surface area contributed by atoms with Crippen molar-refractivity contribution in [1.29, 1.82) is 0 Å². The molecule has 9 heteroatoms. The quantitative estimate of drug-likeness (QED) is 0.490. The van der Waals surface area contributed by atoms with Gasteiger partial charge in [0.2, 0.25) is 0 Å². The summed E-state index contributed by atoms with van der Waals surface area (Å²) in [6, 6.07) is 15.1. The van der Waals surface area contributed by atoms with Crippen molar-refractivity contribution in [3.05, 3.63) is 85.2 Å². The van der Waals surface area contributed by atoms with Crippen LogP contribution in [0.2, 0.25) is 0 Å². The average Bonchev–Trinajstić information content (AvgIpc) is 3.47. The molecule has 0 saturated carbocycles. The summed E-state index contributed by atoms with van der Waals surface area (Å²) in [5.74, 6) is 0.392. The van der Waals surface area contributed by atoms with Crippen molar-refractivity contribution in [2.45, 2.75) is 0 Å². The van der Waals surface area contributed by atoms with Gasteiger partial charge in [-0.25, -0.2) is 9.67 Å². The zero-order valence-corrected chi connectivity index (χ0v) is 15.7. The molecule has 0 fully saturated rings. The molecule has 3 heterocycles. The van der Waals surface area contributed by atoms with E-state index in [2.05, 4.69) is 20.7 Å². The van der Waals surface area contributed by atoms with Crippen LogP contribution in [0.1, 0.15) is 10.6 Å². The second-order valence-corrected chi connectivity index (χ2v) is 6.12. The number of hydrogen-bond acceptors (Lipinski definition) is 6. The Bertz CT molecular complexity index is 1140. The summed E-state index contributed by atoms with van der Waals surface area (Å²) >= 11 is 0. The minimum atomic E-state index is -0.377. The van der Waals surface area contributed by atoms with Gasteiger partial charge in [0.05, 0.1) is 12.0 Å². The number of anilines is 2. The topological polar surface area (TPSA) is 111 Å². The maximum atomic E-state index is 12.4. The molecule has 0 atom stereocenters. The molecule has 30 heavy (non-hydrogen) atoms. The SMILES string of the molecule is O=C(COc1cccc(NC(=O)c2ccco2)c1)Nc1cccnc1-n1cccn1. The number of furan rings is 1. The minimum Gasteiger partial charge on any atom is -0.484 e. The summed E-state index contributed by atoms with van der Waals surface area (Å²) in [6.07, 6.45) is 6.40. The first-order valence-corrected chi connectivity index (χ1v) is 9.01. The highest BCUT2D eigenvalue weighted by Gasteiger charge is 2.12. The molecule has 0 aliphatic rings. The summed E-state index contributed by atoms with van der Waals surface area (Å²) in [4.78, 5) is 28.7. The maximum absolute atomic E-state index is 12.4. The fourth-order valence-electron chi connectivity index (χ4n) is 2.67. The van der Waals surface area contributed by atoms with E-state index in [0.717, 1.165) is 0 Å². The smallest absolute Gasteiger partial charge is 0.291 e. The Morgan fingerprint density at radius 1 is 1.03 bits per heavy atom. The van der Waals surface area contributed by atoms with Gasteiger partial charge < -0.3 is 19.8 Å². The third-order valence-corrected chi connectivity index (χ3v) is 3.99. The van der Waals surface area contributed by atoms with E-state index in [-0.39, 0.29) is 24.2 Å². The van der Waals surface area contributed by atoms with Crippen LogP contribution in [0.3, 0.4) is 0 Å². The van der Waals surface area contributed by atoms with Gasteiger partial charge in [-0.15, -0.1) is 0 Å². The van der Waals surface area contributed by atoms with Gasteiger partial charge in [-0.05, 0) is 42.5 Å². The minimum absolute atomic E-state index is 0.199. The lowest BCUT2D eigenvalue weighted by Crippen LogP contribution is -2.21. The Labute approximate surface area is 171 Å². The highest BCUT2D eigenvalue weighted by Crippen LogP contribution is 2.19. The normalized spacial score (nSPS) is 10.4. The molecule has 9 nitrogen and oxygen atoms in total. The molecular weight excluding hydrogens is 386 g/mol. The van der Waals surface area contributed by atoms with E-state index >= 15 is 0 Å². The summed E-state index contributed by atoms with van der Waals surface area (Å²) in [6.45, 7) is -0.219. The number of carbonyl (C=O) groups excluding carboxylic acids is 2. The van der Waals surface area contributed by atoms with E-state index in [1.54, 1.807) is 77.9 Å². The molecule has 4 aromatic rings. The van der Waals surface area contributed by atoms with Crippen molar-refractivity contribution in [2.24, 2.45) is 0 Å². The van der Waals surface area contributed by atoms with Gasteiger partial charge in [-0.3, -0.25) is 9.59 Å². The number of nitrogens with one attached hydrogen (secondary N) is 2. The highest BCUT2D eigenvalue weighted by molar-refractivity contribution is 6.02. The monoisotopic (exact) mass is 403 g/mol. The van der Waals surface area contributed by atoms with E-state index in [1.165, 1.54) is 6.26 Å². The van der Waals surface area contributed by atoms with Crippen molar-refractivity contribution in [1.82, 2.24) is 14.8 Å². The third kappa shape index (κ3) is 4.53. The summed E-state index contributed by atoms with van der Waals surface area (Å²) in [5, 5.41) is 9.60. The number of aromatic nitrogens is 3. The van der Waals surface area contributed by atoms with Gasteiger partial charge in [0.1, 0.15) is 5.75 Å². The number of benzene rings is 1. The molecule has 0 bridgehead atoms. The number of nitrogens with zero attached hydrogens (tertiary/aromatic N) is 3. The molecule has 2 N–H and O–H groups in total. The lowest BCUT2D eigenvalue weighted by molar-refractivity contribution is -0.118. The second-order valence-electron chi connectivity index (χ2n) is 6.12. The second kappa shape index (κ2) is 8.74. The van der Waals surface area contributed by atoms with Crippen LogP contribution in [0.5, 0.6) is 5.75 Å². The van der Waals surface area contributed by atoms with Crippen LogP contribution in [0.4, 0.5) is 11.4 Å². The summed E-state index contributed by atoms with van der Waals surface area (Å²) < 4.78 is 12.2. The fourth-order valence-corrected chi connectivity index (χ4v) is 2.67. The molecule has 4 rings (SSSR count). The molecule has 0 saturated heterocycles.